The van der Waals surface area contributed by atoms with Crippen molar-refractivity contribution >= 4 is 15.9 Å². The van der Waals surface area contributed by atoms with E-state index in [1.54, 1.807) is 17.6 Å². The minimum atomic E-state index is -3.80. The third kappa shape index (κ3) is 3.20. The summed E-state index contributed by atoms with van der Waals surface area (Å²) in [4.78, 5) is 12.2. The Hall–Kier alpha value is -1.44. The lowest BCUT2D eigenvalue weighted by Gasteiger charge is -2.28. The number of benzene rings is 1. The fraction of sp³-hybridized carbons (Fsp3) is 0.611. The number of hydrogen-bond acceptors (Lipinski definition) is 4. The number of amides is 1. The number of carbonyl (C=O) groups is 1. The van der Waals surface area contributed by atoms with Crippen molar-refractivity contribution in [3.05, 3.63) is 29.8 Å². The minimum Gasteiger partial charge on any atom is -0.289 e. The van der Waals surface area contributed by atoms with Crippen LogP contribution in [0.4, 0.5) is 0 Å². The van der Waals surface area contributed by atoms with E-state index < -0.39 is 22.0 Å². The molecule has 1 saturated heterocycles. The number of nitrogens with zero attached hydrogens (tertiary/aromatic N) is 1. The Labute approximate surface area is 149 Å². The topological polar surface area (TPSA) is 86.7 Å². The van der Waals surface area contributed by atoms with Gasteiger partial charge in [0.2, 0.25) is 10.0 Å². The first-order valence-corrected chi connectivity index (χ1v) is 10.2. The number of rotatable bonds is 3. The summed E-state index contributed by atoms with van der Waals surface area (Å²) in [6.07, 6.45) is 3.13. The zero-order chi connectivity index (χ0) is 18.4. The van der Waals surface area contributed by atoms with Gasteiger partial charge in [-0.25, -0.2) is 13.9 Å². The molecule has 6 nitrogen and oxygen atoms in total. The molecule has 7 heteroatoms. The second-order valence-electron chi connectivity index (χ2n) is 8.10. The molecule has 0 bridgehead atoms. The summed E-state index contributed by atoms with van der Waals surface area (Å²) < 4.78 is 27.8. The normalized spacial score (nSPS) is 27.3. The van der Waals surface area contributed by atoms with Gasteiger partial charge in [0.1, 0.15) is 6.04 Å². The fourth-order valence-corrected chi connectivity index (χ4v) is 6.01. The molecule has 1 amide bonds. The molecular formula is C18H26N2O4S. The van der Waals surface area contributed by atoms with Gasteiger partial charge in [-0.15, -0.1) is 0 Å². The zero-order valence-electron chi connectivity index (χ0n) is 14.9. The molecule has 1 aromatic carbocycles. The highest BCUT2D eigenvalue weighted by Crippen LogP contribution is 2.44. The van der Waals surface area contributed by atoms with Crippen molar-refractivity contribution in [1.29, 1.82) is 0 Å². The van der Waals surface area contributed by atoms with Gasteiger partial charge in [0.15, 0.2) is 0 Å². The van der Waals surface area contributed by atoms with Gasteiger partial charge in [-0.1, -0.05) is 39.3 Å². The number of sulfonamides is 1. The Morgan fingerprint density at radius 2 is 1.84 bits per heavy atom. The summed E-state index contributed by atoms with van der Waals surface area (Å²) in [5.74, 6) is -0.463. The SMILES string of the molecule is CC(C)(C)c1ccc(S(=O)(=O)N2[C@@H](C(=O)NO)CC3CCC[C@H]32)cc1. The average Bonchev–Trinajstić information content (AvgIpc) is 3.13. The van der Waals surface area contributed by atoms with Crippen LogP contribution in [0.1, 0.15) is 52.0 Å². The second-order valence-corrected chi connectivity index (χ2v) is 9.94. The van der Waals surface area contributed by atoms with Crippen molar-refractivity contribution in [2.45, 2.75) is 68.8 Å². The summed E-state index contributed by atoms with van der Waals surface area (Å²) in [5, 5.41) is 9.02. The van der Waals surface area contributed by atoms with Crippen molar-refractivity contribution in [3.8, 4) is 0 Å². The fourth-order valence-electron chi connectivity index (χ4n) is 4.14. The number of nitrogens with one attached hydrogen (secondary N) is 1. The van der Waals surface area contributed by atoms with E-state index in [9.17, 15) is 13.2 Å². The molecule has 3 rings (SSSR count). The van der Waals surface area contributed by atoms with Gasteiger partial charge >= 0.3 is 0 Å². The van der Waals surface area contributed by atoms with Crippen molar-refractivity contribution in [1.82, 2.24) is 9.79 Å². The third-order valence-electron chi connectivity index (χ3n) is 5.49. The molecule has 0 aromatic heterocycles. The van der Waals surface area contributed by atoms with Crippen LogP contribution in [0.25, 0.3) is 0 Å². The highest BCUT2D eigenvalue weighted by atomic mass is 32.2. The first kappa shape index (κ1) is 18.4. The highest BCUT2D eigenvalue weighted by molar-refractivity contribution is 7.89. The van der Waals surface area contributed by atoms with E-state index in [1.165, 1.54) is 4.31 Å². The van der Waals surface area contributed by atoms with Crippen LogP contribution in [0, 0.1) is 5.92 Å². The van der Waals surface area contributed by atoms with Gasteiger partial charge in [-0.3, -0.25) is 10.0 Å². The van der Waals surface area contributed by atoms with Crippen molar-refractivity contribution in [2.24, 2.45) is 5.92 Å². The van der Waals surface area contributed by atoms with Gasteiger partial charge < -0.3 is 0 Å². The molecule has 138 valence electrons. The standard InChI is InChI=1S/C18H26N2O4S/c1-18(2,3)13-7-9-14(10-8-13)25(23,24)20-15-6-4-5-12(15)11-16(20)17(21)19-22/h7-10,12,15-16,22H,4-6,11H2,1-3H3,(H,19,21)/t12?,15-,16-/m1/s1. The van der Waals surface area contributed by atoms with Crippen LogP contribution in [0.3, 0.4) is 0 Å². The molecule has 2 fully saturated rings. The Balaban J connectivity index is 1.97. The van der Waals surface area contributed by atoms with Gasteiger partial charge in [0, 0.05) is 6.04 Å². The van der Waals surface area contributed by atoms with Gasteiger partial charge in [-0.2, -0.15) is 4.31 Å². The van der Waals surface area contributed by atoms with E-state index in [2.05, 4.69) is 20.8 Å². The largest absolute Gasteiger partial charge is 0.289 e. The summed E-state index contributed by atoms with van der Waals surface area (Å²) in [6, 6.07) is 5.90. The van der Waals surface area contributed by atoms with E-state index in [4.69, 9.17) is 5.21 Å². The van der Waals surface area contributed by atoms with Crippen LogP contribution in [-0.2, 0) is 20.2 Å². The Kier molecular flexibility index (Phi) is 4.68. The molecule has 0 radical (unpaired) electrons. The molecule has 25 heavy (non-hydrogen) atoms. The lowest BCUT2D eigenvalue weighted by atomic mass is 9.87. The van der Waals surface area contributed by atoms with Crippen molar-refractivity contribution < 1.29 is 18.4 Å². The van der Waals surface area contributed by atoms with Gasteiger partial charge in [0.25, 0.3) is 5.91 Å². The summed E-state index contributed by atoms with van der Waals surface area (Å²) in [6.45, 7) is 6.21. The van der Waals surface area contributed by atoms with Crippen LogP contribution in [0.15, 0.2) is 29.2 Å². The van der Waals surface area contributed by atoms with Gasteiger partial charge in [0.05, 0.1) is 4.90 Å². The lowest BCUT2D eigenvalue weighted by molar-refractivity contribution is -0.132. The number of hydroxylamine groups is 1. The monoisotopic (exact) mass is 366 g/mol. The molecule has 1 aromatic rings. The maximum atomic E-state index is 13.2. The zero-order valence-corrected chi connectivity index (χ0v) is 15.7. The van der Waals surface area contributed by atoms with E-state index in [0.717, 1.165) is 24.8 Å². The highest BCUT2D eigenvalue weighted by Gasteiger charge is 2.52. The Morgan fingerprint density at radius 3 is 2.40 bits per heavy atom. The molecule has 1 saturated carbocycles. The molecule has 2 aliphatic rings. The number of fused-ring (bicyclic) bond motifs is 1. The lowest BCUT2D eigenvalue weighted by Crippen LogP contribution is -2.48. The van der Waals surface area contributed by atoms with E-state index >= 15 is 0 Å². The molecule has 1 aliphatic heterocycles. The van der Waals surface area contributed by atoms with Crippen LogP contribution in [-0.4, -0.2) is 35.9 Å². The van der Waals surface area contributed by atoms with E-state index in [-0.39, 0.29) is 22.3 Å². The summed E-state index contributed by atoms with van der Waals surface area (Å²) in [5.41, 5.74) is 2.62. The number of hydrogen-bond donors (Lipinski definition) is 2. The van der Waals surface area contributed by atoms with Crippen molar-refractivity contribution in [2.75, 3.05) is 0 Å². The van der Waals surface area contributed by atoms with Crippen LogP contribution in [0.5, 0.6) is 0 Å². The van der Waals surface area contributed by atoms with Crippen LogP contribution in [0.2, 0.25) is 0 Å². The third-order valence-corrected chi connectivity index (χ3v) is 7.44. The molecule has 1 unspecified atom stereocenters. The number of carbonyl (C=O) groups excluding carboxylic acids is 1. The quantitative estimate of drug-likeness (QED) is 0.635. The first-order chi connectivity index (χ1) is 11.7. The molecular weight excluding hydrogens is 340 g/mol. The van der Waals surface area contributed by atoms with E-state index in [0.29, 0.717) is 6.42 Å². The molecule has 0 spiro atoms. The first-order valence-electron chi connectivity index (χ1n) is 8.74. The van der Waals surface area contributed by atoms with Crippen LogP contribution >= 0.6 is 0 Å². The van der Waals surface area contributed by atoms with E-state index in [1.807, 2.05) is 12.1 Å². The second kappa shape index (κ2) is 6.37. The predicted octanol–water partition coefficient (Wildman–Crippen LogP) is 2.42. The molecule has 2 N–H and O–H groups in total. The van der Waals surface area contributed by atoms with Crippen molar-refractivity contribution in [3.63, 3.8) is 0 Å². The maximum Gasteiger partial charge on any atom is 0.261 e. The smallest absolute Gasteiger partial charge is 0.261 e. The summed E-state index contributed by atoms with van der Waals surface area (Å²) in [7, 11) is -3.80. The average molecular weight is 366 g/mol. The van der Waals surface area contributed by atoms with Gasteiger partial charge in [-0.05, 0) is 48.3 Å². The maximum absolute atomic E-state index is 13.2. The summed E-state index contributed by atoms with van der Waals surface area (Å²) >= 11 is 0. The van der Waals surface area contributed by atoms with Crippen LogP contribution < -0.4 is 5.48 Å². The molecule has 1 heterocycles. The predicted molar refractivity (Wildman–Crippen MR) is 93.6 cm³/mol. The Morgan fingerprint density at radius 1 is 1.20 bits per heavy atom. The molecule has 1 aliphatic carbocycles. The minimum absolute atomic E-state index is 0.0637. The molecule has 3 atom stereocenters. The Bertz CT molecular complexity index is 752.